The summed E-state index contributed by atoms with van der Waals surface area (Å²) in [5.41, 5.74) is 2.56. The largest absolute Gasteiger partial charge is 0.496 e. The summed E-state index contributed by atoms with van der Waals surface area (Å²) >= 11 is 5.97. The molecule has 0 aliphatic rings. The summed E-state index contributed by atoms with van der Waals surface area (Å²) in [6.07, 6.45) is -4.32. The summed E-state index contributed by atoms with van der Waals surface area (Å²) in [5.74, 6) is 1.28. The highest BCUT2D eigenvalue weighted by molar-refractivity contribution is 6.30. The lowest BCUT2D eigenvalue weighted by Crippen LogP contribution is -2.36. The average Bonchev–Trinajstić information content (AvgIpc) is 2.69. The van der Waals surface area contributed by atoms with Crippen molar-refractivity contribution >= 4 is 17.6 Å². The van der Waals surface area contributed by atoms with Gasteiger partial charge in [0.25, 0.3) is 0 Å². The quantitative estimate of drug-likeness (QED) is 0.485. The van der Waals surface area contributed by atoms with Crippen LogP contribution in [0.4, 0.5) is 13.2 Å². The van der Waals surface area contributed by atoms with Gasteiger partial charge < -0.3 is 20.1 Å². The standard InChI is InChI=1S/C20H23ClF3N3O2/c1-25-19(27-11-16-7-8-17(21)9-18(16)28-2)26-10-14-3-5-15(6-4-14)12-29-13-20(22,23)24/h3-9H,10-13H2,1-2H3,(H2,25,26,27). The van der Waals surface area contributed by atoms with Crippen LogP contribution in [0.25, 0.3) is 0 Å². The van der Waals surface area contributed by atoms with Gasteiger partial charge in [-0.1, -0.05) is 41.9 Å². The normalized spacial score (nSPS) is 12.0. The monoisotopic (exact) mass is 429 g/mol. The number of methoxy groups -OCH3 is 1. The maximum Gasteiger partial charge on any atom is 0.411 e. The van der Waals surface area contributed by atoms with Crippen molar-refractivity contribution < 1.29 is 22.6 Å². The van der Waals surface area contributed by atoms with E-state index in [1.807, 2.05) is 18.2 Å². The molecule has 2 rings (SSSR count). The van der Waals surface area contributed by atoms with Gasteiger partial charge in [0.1, 0.15) is 12.4 Å². The maximum atomic E-state index is 12.1. The third-order valence-electron chi connectivity index (χ3n) is 3.94. The molecule has 0 unspecified atom stereocenters. The van der Waals surface area contributed by atoms with Crippen LogP contribution in [0.3, 0.4) is 0 Å². The van der Waals surface area contributed by atoms with Crippen LogP contribution in [0.5, 0.6) is 5.75 Å². The fourth-order valence-corrected chi connectivity index (χ4v) is 2.65. The first-order valence-corrected chi connectivity index (χ1v) is 9.18. The highest BCUT2D eigenvalue weighted by Crippen LogP contribution is 2.22. The van der Waals surface area contributed by atoms with Crippen molar-refractivity contribution in [3.63, 3.8) is 0 Å². The zero-order valence-corrected chi connectivity index (χ0v) is 16.9. The Labute approximate surface area is 172 Å². The molecule has 158 valence electrons. The molecule has 0 heterocycles. The second-order valence-electron chi connectivity index (χ2n) is 6.16. The third-order valence-corrected chi connectivity index (χ3v) is 4.17. The number of benzene rings is 2. The van der Waals surface area contributed by atoms with E-state index in [1.165, 1.54) is 0 Å². The molecule has 0 saturated carbocycles. The molecule has 0 aliphatic heterocycles. The molecule has 0 atom stereocenters. The molecule has 5 nitrogen and oxygen atoms in total. The Hall–Kier alpha value is -2.45. The lowest BCUT2D eigenvalue weighted by atomic mass is 10.1. The number of alkyl halides is 3. The predicted octanol–water partition coefficient (Wildman–Crippen LogP) is 4.29. The van der Waals surface area contributed by atoms with E-state index >= 15 is 0 Å². The molecule has 29 heavy (non-hydrogen) atoms. The zero-order valence-electron chi connectivity index (χ0n) is 16.1. The van der Waals surface area contributed by atoms with Crippen LogP contribution in [0.1, 0.15) is 16.7 Å². The summed E-state index contributed by atoms with van der Waals surface area (Å²) < 4.78 is 46.3. The van der Waals surface area contributed by atoms with Crippen molar-refractivity contribution in [3.8, 4) is 5.75 Å². The van der Waals surface area contributed by atoms with Gasteiger partial charge >= 0.3 is 6.18 Å². The van der Waals surface area contributed by atoms with Crippen molar-refractivity contribution in [2.24, 2.45) is 4.99 Å². The number of hydrogen-bond acceptors (Lipinski definition) is 3. The Bertz CT molecular complexity index is 812. The van der Waals surface area contributed by atoms with Crippen LogP contribution in [0.2, 0.25) is 5.02 Å². The van der Waals surface area contributed by atoms with Gasteiger partial charge in [-0.3, -0.25) is 4.99 Å². The maximum absolute atomic E-state index is 12.1. The van der Waals surface area contributed by atoms with Crippen LogP contribution in [0.15, 0.2) is 47.5 Å². The van der Waals surface area contributed by atoms with Crippen LogP contribution < -0.4 is 15.4 Å². The minimum absolute atomic E-state index is 0.0840. The molecule has 0 fully saturated rings. The molecule has 0 aromatic heterocycles. The van der Waals surface area contributed by atoms with Gasteiger partial charge in [-0.25, -0.2) is 0 Å². The van der Waals surface area contributed by atoms with Gasteiger partial charge in [0.15, 0.2) is 5.96 Å². The minimum atomic E-state index is -4.32. The van der Waals surface area contributed by atoms with Crippen LogP contribution in [0, 0.1) is 0 Å². The van der Waals surface area contributed by atoms with E-state index in [4.69, 9.17) is 16.3 Å². The predicted molar refractivity (Wildman–Crippen MR) is 107 cm³/mol. The Morgan fingerprint density at radius 3 is 2.31 bits per heavy atom. The molecule has 9 heteroatoms. The number of guanidine groups is 1. The second-order valence-corrected chi connectivity index (χ2v) is 6.60. The van der Waals surface area contributed by atoms with Gasteiger partial charge in [0, 0.05) is 30.7 Å². The van der Waals surface area contributed by atoms with E-state index in [1.54, 1.807) is 38.4 Å². The number of nitrogens with one attached hydrogen (secondary N) is 2. The van der Waals surface area contributed by atoms with Gasteiger partial charge in [0.2, 0.25) is 0 Å². The fourth-order valence-electron chi connectivity index (χ4n) is 2.49. The van der Waals surface area contributed by atoms with Crippen molar-refractivity contribution in [2.45, 2.75) is 25.9 Å². The molecular weight excluding hydrogens is 407 g/mol. The van der Waals surface area contributed by atoms with Crippen molar-refractivity contribution in [2.75, 3.05) is 20.8 Å². The van der Waals surface area contributed by atoms with E-state index in [0.717, 1.165) is 11.1 Å². The van der Waals surface area contributed by atoms with Crippen LogP contribution in [-0.2, 0) is 24.4 Å². The first kappa shape index (κ1) is 22.8. The minimum Gasteiger partial charge on any atom is -0.496 e. The van der Waals surface area contributed by atoms with E-state index in [2.05, 4.69) is 20.4 Å². The average molecular weight is 430 g/mol. The molecular formula is C20H23ClF3N3O2. The van der Waals surface area contributed by atoms with Gasteiger partial charge in [0.05, 0.1) is 13.7 Å². The van der Waals surface area contributed by atoms with E-state index < -0.39 is 12.8 Å². The SMILES string of the molecule is CN=C(NCc1ccc(COCC(F)(F)F)cc1)NCc1ccc(Cl)cc1OC. The van der Waals surface area contributed by atoms with Gasteiger partial charge in [-0.2, -0.15) is 13.2 Å². The van der Waals surface area contributed by atoms with E-state index in [-0.39, 0.29) is 6.61 Å². The van der Waals surface area contributed by atoms with Crippen molar-refractivity contribution in [1.29, 1.82) is 0 Å². The zero-order chi connectivity index (χ0) is 21.3. The molecule has 0 radical (unpaired) electrons. The van der Waals surface area contributed by atoms with Crippen molar-refractivity contribution in [1.82, 2.24) is 10.6 Å². The third kappa shape index (κ3) is 8.21. The lowest BCUT2D eigenvalue weighted by Gasteiger charge is -2.14. The highest BCUT2D eigenvalue weighted by atomic mass is 35.5. The molecule has 2 N–H and O–H groups in total. The second kappa shape index (κ2) is 10.9. The number of aliphatic imine (C=N–C) groups is 1. The van der Waals surface area contributed by atoms with E-state index in [0.29, 0.717) is 35.4 Å². The molecule has 0 amide bonds. The fraction of sp³-hybridized carbons (Fsp3) is 0.350. The first-order chi connectivity index (χ1) is 13.8. The number of hydrogen-bond donors (Lipinski definition) is 2. The van der Waals surface area contributed by atoms with Gasteiger partial charge in [-0.15, -0.1) is 0 Å². The topological polar surface area (TPSA) is 54.9 Å². The Morgan fingerprint density at radius 2 is 1.69 bits per heavy atom. The van der Waals surface area contributed by atoms with E-state index in [9.17, 15) is 13.2 Å². The number of halogens is 4. The van der Waals surface area contributed by atoms with Gasteiger partial charge in [-0.05, 0) is 23.3 Å². The molecule has 0 spiro atoms. The number of rotatable bonds is 8. The molecule has 2 aromatic carbocycles. The first-order valence-electron chi connectivity index (χ1n) is 8.80. The molecule has 0 bridgehead atoms. The van der Waals surface area contributed by atoms with Crippen LogP contribution >= 0.6 is 11.6 Å². The Morgan fingerprint density at radius 1 is 1.03 bits per heavy atom. The molecule has 0 aliphatic carbocycles. The molecule has 0 saturated heterocycles. The molecule has 2 aromatic rings. The highest BCUT2D eigenvalue weighted by Gasteiger charge is 2.27. The summed E-state index contributed by atoms with van der Waals surface area (Å²) in [7, 11) is 3.25. The Balaban J connectivity index is 1.82. The summed E-state index contributed by atoms with van der Waals surface area (Å²) in [6, 6.07) is 12.5. The van der Waals surface area contributed by atoms with Crippen molar-refractivity contribution in [3.05, 3.63) is 64.2 Å². The number of ether oxygens (including phenoxy) is 2. The Kier molecular flexibility index (Phi) is 8.60. The lowest BCUT2D eigenvalue weighted by molar-refractivity contribution is -0.176. The summed E-state index contributed by atoms with van der Waals surface area (Å²) in [6.45, 7) is -0.341. The van der Waals surface area contributed by atoms with Crippen LogP contribution in [-0.4, -0.2) is 32.9 Å². The summed E-state index contributed by atoms with van der Waals surface area (Å²) in [4.78, 5) is 4.17. The summed E-state index contributed by atoms with van der Waals surface area (Å²) in [5, 5.41) is 6.97. The number of nitrogens with zero attached hydrogens (tertiary/aromatic N) is 1. The smallest absolute Gasteiger partial charge is 0.411 e.